The van der Waals surface area contributed by atoms with Gasteiger partial charge in [0.25, 0.3) is 5.91 Å². The Balaban J connectivity index is 1.43. The lowest BCUT2D eigenvalue weighted by Crippen LogP contribution is -2.46. The normalized spacial score (nSPS) is 24.5. The van der Waals surface area contributed by atoms with E-state index in [1.165, 1.54) is 19.3 Å². The lowest BCUT2D eigenvalue weighted by atomic mass is 9.83. The molecule has 0 radical (unpaired) electrons. The first-order valence-corrected chi connectivity index (χ1v) is 11.7. The molecule has 2 N–H and O–H groups in total. The van der Waals surface area contributed by atoms with Gasteiger partial charge < -0.3 is 10.2 Å². The van der Waals surface area contributed by atoms with E-state index < -0.39 is 5.54 Å². The minimum Gasteiger partial charge on any atom is -0.338 e. The summed E-state index contributed by atoms with van der Waals surface area (Å²) in [6.45, 7) is 3.60. The number of likely N-dealkylation sites (tertiary alicyclic amines) is 1. The predicted molar refractivity (Wildman–Crippen MR) is 124 cm³/mol. The fourth-order valence-electron chi connectivity index (χ4n) is 5.10. The van der Waals surface area contributed by atoms with Gasteiger partial charge >= 0.3 is 0 Å². The van der Waals surface area contributed by atoms with Gasteiger partial charge in [0.05, 0.1) is 0 Å². The van der Waals surface area contributed by atoms with E-state index in [1.54, 1.807) is 4.90 Å². The van der Waals surface area contributed by atoms with Gasteiger partial charge in [-0.1, -0.05) is 48.4 Å². The lowest BCUT2D eigenvalue weighted by Gasteiger charge is -2.30. The van der Waals surface area contributed by atoms with E-state index in [4.69, 9.17) is 17.0 Å². The summed E-state index contributed by atoms with van der Waals surface area (Å²) < 4.78 is 0. The van der Waals surface area contributed by atoms with Crippen LogP contribution in [-0.2, 0) is 10.3 Å². The van der Waals surface area contributed by atoms with Gasteiger partial charge in [0.15, 0.2) is 5.96 Å². The Labute approximate surface area is 188 Å². The van der Waals surface area contributed by atoms with Crippen molar-refractivity contribution < 1.29 is 4.79 Å². The highest BCUT2D eigenvalue weighted by Gasteiger charge is 2.59. The van der Waals surface area contributed by atoms with Crippen LogP contribution >= 0.6 is 11.6 Å². The van der Waals surface area contributed by atoms with Crippen LogP contribution in [0.1, 0.15) is 37.7 Å². The smallest absolute Gasteiger partial charge is 0.260 e. The van der Waals surface area contributed by atoms with Crippen molar-refractivity contribution in [2.24, 2.45) is 5.92 Å². The zero-order valence-electron chi connectivity index (χ0n) is 17.7. The van der Waals surface area contributed by atoms with Crippen molar-refractivity contribution >= 4 is 23.5 Å². The van der Waals surface area contributed by atoms with Crippen LogP contribution < -0.4 is 5.32 Å². The Morgan fingerprint density at radius 2 is 1.71 bits per heavy atom. The molecule has 5 nitrogen and oxygen atoms in total. The largest absolute Gasteiger partial charge is 0.338 e. The number of carbonyl (C=O) groups excluding carboxylic acids is 1. The summed E-state index contributed by atoms with van der Waals surface area (Å²) in [5.74, 6) is 0.497. The van der Waals surface area contributed by atoms with Crippen LogP contribution in [0.3, 0.4) is 0 Å². The fraction of sp³-hybridized carbons (Fsp3) is 0.440. The number of carbonyl (C=O) groups is 1. The maximum absolute atomic E-state index is 13.8. The molecule has 0 bridgehead atoms. The predicted octanol–water partition coefficient (Wildman–Crippen LogP) is 4.46. The molecule has 2 aliphatic heterocycles. The molecule has 3 aliphatic rings. The van der Waals surface area contributed by atoms with E-state index in [0.717, 1.165) is 49.2 Å². The van der Waals surface area contributed by atoms with Crippen LogP contribution in [0.4, 0.5) is 0 Å². The first-order chi connectivity index (χ1) is 15.1. The maximum Gasteiger partial charge on any atom is 0.260 e. The van der Waals surface area contributed by atoms with Crippen LogP contribution in [0.2, 0.25) is 5.02 Å². The molecule has 1 unspecified atom stereocenters. The number of guanidine groups is 1. The molecular formula is C25H29ClN4O. The molecule has 6 heteroatoms. The number of rotatable bonds is 6. The molecule has 162 valence electrons. The summed E-state index contributed by atoms with van der Waals surface area (Å²) >= 11 is 6.20. The van der Waals surface area contributed by atoms with Gasteiger partial charge in [0, 0.05) is 18.1 Å². The summed E-state index contributed by atoms with van der Waals surface area (Å²) in [6, 6.07) is 16.0. The molecule has 1 amide bonds. The summed E-state index contributed by atoms with van der Waals surface area (Å²) in [4.78, 5) is 17.9. The van der Waals surface area contributed by atoms with Crippen molar-refractivity contribution in [2.75, 3.05) is 26.2 Å². The molecule has 3 fully saturated rings. The van der Waals surface area contributed by atoms with Gasteiger partial charge in [-0.15, -0.1) is 0 Å². The van der Waals surface area contributed by atoms with Crippen LogP contribution in [0, 0.1) is 11.3 Å². The molecule has 1 atom stereocenters. The number of benzene rings is 2. The molecule has 2 aromatic rings. The molecule has 0 spiro atoms. The summed E-state index contributed by atoms with van der Waals surface area (Å²) in [6.07, 6.45) is 5.77. The number of hydrogen-bond acceptors (Lipinski definition) is 3. The minimum absolute atomic E-state index is 0.0280. The van der Waals surface area contributed by atoms with Crippen molar-refractivity contribution in [2.45, 2.75) is 37.6 Å². The average molecular weight is 437 g/mol. The zero-order chi connectivity index (χ0) is 21.4. The highest BCUT2D eigenvalue weighted by atomic mass is 35.5. The summed E-state index contributed by atoms with van der Waals surface area (Å²) in [7, 11) is 0. The van der Waals surface area contributed by atoms with Crippen molar-refractivity contribution in [3.63, 3.8) is 0 Å². The van der Waals surface area contributed by atoms with E-state index in [0.29, 0.717) is 11.6 Å². The standard InChI is InChI=1S/C25H29ClN4O/c26-22-9-5-7-19(17-22)18-6-4-8-21(16-18)25(20-10-11-20)23(31)30(24(27)28-25)15-14-29-12-2-1-3-13-29/h4-9,16-17,20H,1-3,10-15H2,(H2,27,28). The van der Waals surface area contributed by atoms with Crippen LogP contribution in [0.25, 0.3) is 11.1 Å². The van der Waals surface area contributed by atoms with Gasteiger partial charge in [-0.25, -0.2) is 0 Å². The summed E-state index contributed by atoms with van der Waals surface area (Å²) in [5, 5.41) is 12.6. The highest BCUT2D eigenvalue weighted by Crippen LogP contribution is 2.49. The molecule has 31 heavy (non-hydrogen) atoms. The third kappa shape index (κ3) is 3.85. The maximum atomic E-state index is 13.8. The van der Waals surface area contributed by atoms with Crippen molar-refractivity contribution in [3.8, 4) is 11.1 Å². The molecule has 2 saturated heterocycles. The highest BCUT2D eigenvalue weighted by molar-refractivity contribution is 6.30. The number of amides is 1. The van der Waals surface area contributed by atoms with Gasteiger partial charge in [0.1, 0.15) is 5.54 Å². The van der Waals surface area contributed by atoms with Crippen LogP contribution in [0.5, 0.6) is 0 Å². The van der Waals surface area contributed by atoms with Gasteiger partial charge in [-0.3, -0.25) is 15.1 Å². The summed E-state index contributed by atoms with van der Waals surface area (Å²) in [5.41, 5.74) is 2.19. The average Bonchev–Trinajstić information content (AvgIpc) is 3.60. The molecule has 2 heterocycles. The lowest BCUT2D eigenvalue weighted by molar-refractivity contribution is -0.132. The second-order valence-corrected chi connectivity index (χ2v) is 9.44. The number of halogens is 1. The second kappa shape index (κ2) is 8.29. The number of nitrogens with zero attached hydrogens (tertiary/aromatic N) is 2. The monoisotopic (exact) mass is 436 g/mol. The zero-order valence-corrected chi connectivity index (χ0v) is 18.5. The van der Waals surface area contributed by atoms with Gasteiger partial charge in [-0.05, 0) is 79.6 Å². The van der Waals surface area contributed by atoms with Crippen LogP contribution in [-0.4, -0.2) is 47.8 Å². The Hall–Kier alpha value is -2.37. The Bertz CT molecular complexity index is 999. The quantitative estimate of drug-likeness (QED) is 0.702. The number of hydrogen-bond donors (Lipinski definition) is 2. The van der Waals surface area contributed by atoms with Crippen LogP contribution in [0.15, 0.2) is 48.5 Å². The van der Waals surface area contributed by atoms with E-state index in [2.05, 4.69) is 22.3 Å². The molecule has 1 aliphatic carbocycles. The topological polar surface area (TPSA) is 59.4 Å². The Morgan fingerprint density at radius 1 is 1.00 bits per heavy atom. The molecule has 0 aromatic heterocycles. The van der Waals surface area contributed by atoms with Crippen molar-refractivity contribution in [1.29, 1.82) is 5.41 Å². The SMILES string of the molecule is N=C1NC(c2cccc(-c3cccc(Cl)c3)c2)(C2CC2)C(=O)N1CCN1CCCCC1. The number of piperidine rings is 1. The Morgan fingerprint density at radius 3 is 2.42 bits per heavy atom. The van der Waals surface area contributed by atoms with E-state index >= 15 is 0 Å². The molecule has 5 rings (SSSR count). The molecular weight excluding hydrogens is 408 g/mol. The third-order valence-corrected chi connectivity index (χ3v) is 7.16. The number of nitrogens with one attached hydrogen (secondary N) is 2. The Kier molecular flexibility index (Phi) is 5.49. The fourth-order valence-corrected chi connectivity index (χ4v) is 5.29. The second-order valence-electron chi connectivity index (χ2n) is 9.01. The van der Waals surface area contributed by atoms with Crippen molar-refractivity contribution in [1.82, 2.24) is 15.1 Å². The first-order valence-electron chi connectivity index (χ1n) is 11.4. The first kappa shape index (κ1) is 20.5. The van der Waals surface area contributed by atoms with E-state index in [-0.39, 0.29) is 17.8 Å². The van der Waals surface area contributed by atoms with E-state index in [1.807, 2.05) is 36.4 Å². The molecule has 1 saturated carbocycles. The van der Waals surface area contributed by atoms with Gasteiger partial charge in [0.2, 0.25) is 0 Å². The van der Waals surface area contributed by atoms with E-state index in [9.17, 15) is 4.79 Å². The molecule has 2 aromatic carbocycles. The van der Waals surface area contributed by atoms with Crippen molar-refractivity contribution in [3.05, 3.63) is 59.1 Å². The minimum atomic E-state index is -0.826. The van der Waals surface area contributed by atoms with Gasteiger partial charge in [-0.2, -0.15) is 0 Å². The third-order valence-electron chi connectivity index (χ3n) is 6.92.